The molecule has 1 heteroatoms. The Balaban J connectivity index is 2.20. The van der Waals surface area contributed by atoms with Crippen LogP contribution in [0.3, 0.4) is 0 Å². The van der Waals surface area contributed by atoms with Gasteiger partial charge in [-0.1, -0.05) is 67.7 Å². The maximum absolute atomic E-state index is 2.39. The average molecular weight is 286 g/mol. The van der Waals surface area contributed by atoms with Crippen molar-refractivity contribution < 1.29 is 0 Å². The van der Waals surface area contributed by atoms with E-state index in [1.165, 1.54) is 32.4 Å². The Labute approximate surface area is 126 Å². The lowest BCUT2D eigenvalue weighted by Gasteiger charge is -2.10. The fourth-order valence-electron chi connectivity index (χ4n) is 3.42. The van der Waals surface area contributed by atoms with Crippen LogP contribution in [0.15, 0.2) is 54.6 Å². The van der Waals surface area contributed by atoms with E-state index in [1.54, 1.807) is 4.81 Å². The predicted molar refractivity (Wildman–Crippen MR) is 91.8 cm³/mol. The summed E-state index contributed by atoms with van der Waals surface area (Å²) >= 11 is 0. The van der Waals surface area contributed by atoms with Gasteiger partial charge in [0.2, 0.25) is 0 Å². The highest BCUT2D eigenvalue weighted by molar-refractivity contribution is 6.47. The molecule has 2 aromatic rings. The molecule has 2 aromatic carbocycles. The van der Waals surface area contributed by atoms with Gasteiger partial charge in [-0.3, -0.25) is 0 Å². The molecule has 0 N–H and O–H groups in total. The van der Waals surface area contributed by atoms with Gasteiger partial charge in [-0.2, -0.15) is 0 Å². The van der Waals surface area contributed by atoms with E-state index in [4.69, 9.17) is 0 Å². The monoisotopic (exact) mass is 286 g/mol. The van der Waals surface area contributed by atoms with Crippen LogP contribution >= 0.6 is 0 Å². The van der Waals surface area contributed by atoms with E-state index >= 15 is 0 Å². The quantitative estimate of drug-likeness (QED) is 0.592. The SMILES string of the molecule is C[Si](C)=c1ccc2c(c1C1=CC=CC1)C=c1ccccc1=2. The number of allylic oxidation sites excluding steroid dienone is 4. The summed E-state index contributed by atoms with van der Waals surface area (Å²) in [4.78, 5) is 1.57. The van der Waals surface area contributed by atoms with Gasteiger partial charge in [0.05, 0.1) is 0 Å². The molecule has 0 unspecified atom stereocenters. The third kappa shape index (κ3) is 1.92. The third-order valence-corrected chi connectivity index (χ3v) is 5.92. The lowest BCUT2D eigenvalue weighted by molar-refractivity contribution is 1.38. The topological polar surface area (TPSA) is 0 Å². The molecule has 0 saturated heterocycles. The van der Waals surface area contributed by atoms with E-state index in [0.717, 1.165) is 6.42 Å². The van der Waals surface area contributed by atoms with Crippen molar-refractivity contribution in [1.82, 2.24) is 0 Å². The molecular weight excluding hydrogens is 268 g/mol. The molecule has 4 rings (SSSR count). The van der Waals surface area contributed by atoms with Crippen molar-refractivity contribution in [2.45, 2.75) is 19.5 Å². The van der Waals surface area contributed by atoms with Crippen LogP contribution < -0.4 is 5.22 Å². The number of rotatable bonds is 1. The minimum atomic E-state index is -0.474. The van der Waals surface area contributed by atoms with Crippen molar-refractivity contribution in [3.8, 4) is 0 Å². The highest BCUT2D eigenvalue weighted by Gasteiger charge is 2.13. The lowest BCUT2D eigenvalue weighted by atomic mass is 9.98. The molecule has 0 aliphatic heterocycles. The zero-order valence-electron chi connectivity index (χ0n) is 12.5. The Morgan fingerprint density at radius 2 is 1.81 bits per heavy atom. The molecule has 0 fully saturated rings. The van der Waals surface area contributed by atoms with E-state index < -0.39 is 8.41 Å². The Hall–Kier alpha value is -1.99. The summed E-state index contributed by atoms with van der Waals surface area (Å²) in [6.07, 6.45) is 10.2. The van der Waals surface area contributed by atoms with E-state index in [-0.39, 0.29) is 0 Å². The second-order valence-electron chi connectivity index (χ2n) is 6.01. The molecule has 0 atom stereocenters. The van der Waals surface area contributed by atoms with Crippen molar-refractivity contribution in [3.63, 3.8) is 0 Å². The van der Waals surface area contributed by atoms with Gasteiger partial charge in [0.1, 0.15) is 0 Å². The van der Waals surface area contributed by atoms with Crippen molar-refractivity contribution in [2.24, 2.45) is 0 Å². The molecule has 0 radical (unpaired) electrons. The molecule has 0 bridgehead atoms. The Morgan fingerprint density at radius 1 is 0.952 bits per heavy atom. The van der Waals surface area contributed by atoms with Gasteiger partial charge in [-0.25, -0.2) is 0 Å². The molecule has 2 aliphatic carbocycles. The maximum atomic E-state index is 2.39. The third-order valence-electron chi connectivity index (χ3n) is 4.43. The van der Waals surface area contributed by atoms with Crippen LogP contribution in [0.4, 0.5) is 0 Å². The van der Waals surface area contributed by atoms with Gasteiger partial charge >= 0.3 is 0 Å². The summed E-state index contributed by atoms with van der Waals surface area (Å²) in [5, 5.41) is 4.15. The molecule has 0 heterocycles. The molecule has 0 nitrogen and oxygen atoms in total. The Bertz CT molecular complexity index is 1020. The number of benzene rings is 2. The van der Waals surface area contributed by atoms with Crippen LogP contribution in [-0.2, 0) is 0 Å². The standard InChI is InChI=1S/C20H18Si/c1-21(2)19-12-11-17-16-10-6-5-9-15(16)13-18(17)20(19)14-7-3-4-8-14/h3-7,9-13H,8H2,1-2H3. The molecule has 0 spiro atoms. The summed E-state index contributed by atoms with van der Waals surface area (Å²) in [7, 11) is -0.474. The first-order valence-electron chi connectivity index (χ1n) is 7.53. The van der Waals surface area contributed by atoms with Crippen LogP contribution in [0.1, 0.15) is 17.5 Å². The van der Waals surface area contributed by atoms with E-state index in [9.17, 15) is 0 Å². The summed E-state index contributed by atoms with van der Waals surface area (Å²) in [6.45, 7) is 4.78. The van der Waals surface area contributed by atoms with Crippen LogP contribution in [0, 0.1) is 15.3 Å². The summed E-state index contributed by atoms with van der Waals surface area (Å²) in [5.74, 6) is 0. The molecule has 0 aromatic heterocycles. The smallest absolute Gasteiger partial charge is 0.0136 e. The Kier molecular flexibility index (Phi) is 2.90. The van der Waals surface area contributed by atoms with Gasteiger partial charge < -0.3 is 0 Å². The van der Waals surface area contributed by atoms with E-state index in [1.807, 2.05) is 0 Å². The minimum absolute atomic E-state index is 0.474. The van der Waals surface area contributed by atoms with Crippen LogP contribution in [-0.4, -0.2) is 8.41 Å². The lowest BCUT2D eigenvalue weighted by Crippen LogP contribution is -1.98. The first kappa shape index (κ1) is 12.7. The molecular formula is C20H18Si. The van der Waals surface area contributed by atoms with Crippen molar-refractivity contribution >= 4 is 20.1 Å². The zero-order valence-corrected chi connectivity index (χ0v) is 13.5. The van der Waals surface area contributed by atoms with Gasteiger partial charge in [0, 0.05) is 8.41 Å². The molecule has 2 aliphatic rings. The van der Waals surface area contributed by atoms with E-state index in [2.05, 4.69) is 73.8 Å². The fraction of sp³-hybridized carbons (Fsp3) is 0.150. The second kappa shape index (κ2) is 4.78. The van der Waals surface area contributed by atoms with Crippen LogP contribution in [0.2, 0.25) is 13.1 Å². The van der Waals surface area contributed by atoms with Crippen molar-refractivity contribution in [3.05, 3.63) is 86.2 Å². The van der Waals surface area contributed by atoms with Crippen LogP contribution in [0.5, 0.6) is 0 Å². The highest BCUT2D eigenvalue weighted by Crippen LogP contribution is 2.29. The molecule has 102 valence electrons. The Morgan fingerprint density at radius 3 is 2.57 bits per heavy atom. The summed E-state index contributed by atoms with van der Waals surface area (Å²) < 4.78 is 0. The minimum Gasteiger partial charge on any atom is -0.0801 e. The van der Waals surface area contributed by atoms with Crippen molar-refractivity contribution in [2.75, 3.05) is 0 Å². The van der Waals surface area contributed by atoms with Gasteiger partial charge in [-0.05, 0) is 49.7 Å². The van der Waals surface area contributed by atoms with Crippen molar-refractivity contribution in [1.29, 1.82) is 0 Å². The number of hydrogen-bond acceptors (Lipinski definition) is 0. The molecule has 0 saturated carbocycles. The van der Waals surface area contributed by atoms with Gasteiger partial charge in [-0.15, -0.1) is 0 Å². The fourth-order valence-corrected chi connectivity index (χ4v) is 4.64. The summed E-state index contributed by atoms with van der Waals surface area (Å²) in [6, 6.07) is 13.4. The summed E-state index contributed by atoms with van der Waals surface area (Å²) in [5.41, 5.74) is 4.43. The highest BCUT2D eigenvalue weighted by atomic mass is 28.2. The average Bonchev–Trinajstić information content (AvgIpc) is 3.13. The normalized spacial score (nSPS) is 14.5. The first-order chi connectivity index (χ1) is 10.3. The second-order valence-corrected chi connectivity index (χ2v) is 8.54. The van der Waals surface area contributed by atoms with Gasteiger partial charge in [0.15, 0.2) is 0 Å². The maximum Gasteiger partial charge on any atom is 0.0136 e. The molecule has 21 heavy (non-hydrogen) atoms. The van der Waals surface area contributed by atoms with Gasteiger partial charge in [0.25, 0.3) is 0 Å². The van der Waals surface area contributed by atoms with E-state index in [0.29, 0.717) is 0 Å². The predicted octanol–water partition coefficient (Wildman–Crippen LogP) is 4.05. The zero-order chi connectivity index (χ0) is 14.4. The largest absolute Gasteiger partial charge is 0.0801 e. The first-order valence-corrected chi connectivity index (χ1v) is 10.0. The molecule has 0 amide bonds. The number of hydrogen-bond donors (Lipinski definition) is 0. The van der Waals surface area contributed by atoms with Crippen LogP contribution in [0.25, 0.3) is 11.6 Å². The number of fused-ring (bicyclic) bond motifs is 2.